The van der Waals surface area contributed by atoms with E-state index in [1.54, 1.807) is 7.11 Å². The molecule has 1 aliphatic heterocycles. The van der Waals surface area contributed by atoms with Gasteiger partial charge in [0.05, 0.1) is 29.2 Å². The second-order valence-corrected chi connectivity index (χ2v) is 7.86. The molecule has 0 saturated carbocycles. The fourth-order valence-electron chi connectivity index (χ4n) is 4.41. The van der Waals surface area contributed by atoms with Crippen LogP contribution in [-0.4, -0.2) is 52.2 Å². The number of nitrogens with zero attached hydrogens (tertiary/aromatic N) is 3. The molecule has 7 heteroatoms. The largest absolute Gasteiger partial charge is 0.483 e. The summed E-state index contributed by atoms with van der Waals surface area (Å²) in [7, 11) is 1.70. The van der Waals surface area contributed by atoms with Crippen LogP contribution in [0.5, 0.6) is 5.75 Å². The van der Waals surface area contributed by atoms with Crippen LogP contribution >= 0.6 is 0 Å². The molecular weight excluding hydrogens is 392 g/mol. The van der Waals surface area contributed by atoms with Crippen molar-refractivity contribution in [2.24, 2.45) is 0 Å². The van der Waals surface area contributed by atoms with E-state index in [1.165, 1.54) is 0 Å². The second kappa shape index (κ2) is 8.43. The van der Waals surface area contributed by atoms with Gasteiger partial charge in [0.15, 0.2) is 6.61 Å². The zero-order chi connectivity index (χ0) is 21.2. The highest BCUT2D eigenvalue weighted by atomic mass is 16.5. The highest BCUT2D eigenvalue weighted by Crippen LogP contribution is 2.32. The van der Waals surface area contributed by atoms with Gasteiger partial charge in [0.1, 0.15) is 11.6 Å². The number of para-hydroxylation sites is 2. The first-order valence-electron chi connectivity index (χ1n) is 10.7. The molecule has 1 N–H and O–H groups in total. The Morgan fingerprint density at radius 1 is 1.19 bits per heavy atom. The van der Waals surface area contributed by atoms with Gasteiger partial charge in [0.2, 0.25) is 0 Å². The van der Waals surface area contributed by atoms with E-state index in [1.807, 2.05) is 53.6 Å². The Kier molecular flexibility index (Phi) is 5.34. The van der Waals surface area contributed by atoms with Crippen LogP contribution in [0, 0.1) is 0 Å². The molecule has 1 aliphatic rings. The second-order valence-electron chi connectivity index (χ2n) is 7.86. The smallest absolute Gasteiger partial charge is 0.261 e. The lowest BCUT2D eigenvalue weighted by Gasteiger charge is -2.23. The molecule has 1 saturated heterocycles. The number of fused-ring (bicyclic) bond motifs is 2. The lowest BCUT2D eigenvalue weighted by Crippen LogP contribution is -2.34. The van der Waals surface area contributed by atoms with Gasteiger partial charge in [0.25, 0.3) is 5.91 Å². The summed E-state index contributed by atoms with van der Waals surface area (Å²) in [6.07, 6.45) is 3.89. The Morgan fingerprint density at radius 2 is 2.10 bits per heavy atom. The maximum absolute atomic E-state index is 13.0. The number of imidazole rings is 1. The topological polar surface area (TPSA) is 72.4 Å². The number of carbonyl (C=O) groups is 1. The molecule has 1 amide bonds. The number of ether oxygens (including phenoxy) is 2. The Bertz CT molecular complexity index is 1180. The highest BCUT2D eigenvalue weighted by molar-refractivity contribution is 5.87. The number of carbonyl (C=O) groups excluding carboxylic acids is 1. The van der Waals surface area contributed by atoms with Crippen LogP contribution in [0.15, 0.2) is 54.7 Å². The summed E-state index contributed by atoms with van der Waals surface area (Å²) in [5.41, 5.74) is 3.00. The third-order valence-corrected chi connectivity index (χ3v) is 5.96. The van der Waals surface area contributed by atoms with Crippen molar-refractivity contribution in [2.45, 2.75) is 25.4 Å². The maximum Gasteiger partial charge on any atom is 0.261 e. The van der Waals surface area contributed by atoms with Crippen molar-refractivity contribution in [3.63, 3.8) is 0 Å². The van der Waals surface area contributed by atoms with Crippen molar-refractivity contribution in [3.05, 3.63) is 60.6 Å². The van der Waals surface area contributed by atoms with E-state index >= 15 is 0 Å². The van der Waals surface area contributed by atoms with Crippen LogP contribution in [0.3, 0.4) is 0 Å². The third kappa shape index (κ3) is 3.77. The number of amides is 1. The van der Waals surface area contributed by atoms with Crippen molar-refractivity contribution in [1.29, 1.82) is 0 Å². The molecule has 0 bridgehead atoms. The van der Waals surface area contributed by atoms with E-state index in [9.17, 15) is 4.79 Å². The summed E-state index contributed by atoms with van der Waals surface area (Å²) in [6.45, 7) is 2.15. The van der Waals surface area contributed by atoms with E-state index in [2.05, 4.69) is 15.6 Å². The number of methoxy groups -OCH3 is 1. The van der Waals surface area contributed by atoms with Gasteiger partial charge in [-0.1, -0.05) is 18.2 Å². The number of hydrogen-bond donors (Lipinski definition) is 1. The number of hydrogen-bond acceptors (Lipinski definition) is 4. The van der Waals surface area contributed by atoms with Gasteiger partial charge in [-0.25, -0.2) is 4.98 Å². The van der Waals surface area contributed by atoms with Crippen LogP contribution in [0.1, 0.15) is 24.7 Å². The van der Waals surface area contributed by atoms with Gasteiger partial charge in [-0.2, -0.15) is 0 Å². The minimum absolute atomic E-state index is 0.0130. The minimum atomic E-state index is -0.0329. The van der Waals surface area contributed by atoms with Gasteiger partial charge in [-0.15, -0.1) is 0 Å². The van der Waals surface area contributed by atoms with Crippen LogP contribution in [0.25, 0.3) is 21.9 Å². The van der Waals surface area contributed by atoms with E-state index in [4.69, 9.17) is 14.5 Å². The molecule has 31 heavy (non-hydrogen) atoms. The van der Waals surface area contributed by atoms with Crippen molar-refractivity contribution in [3.8, 4) is 5.75 Å². The molecule has 0 aliphatic carbocycles. The molecule has 0 spiro atoms. The number of nitrogens with one attached hydrogen (secondary N) is 1. The molecule has 2 aromatic carbocycles. The van der Waals surface area contributed by atoms with E-state index in [0.717, 1.165) is 59.4 Å². The average molecular weight is 418 g/mol. The predicted molar refractivity (Wildman–Crippen MR) is 119 cm³/mol. The van der Waals surface area contributed by atoms with Crippen molar-refractivity contribution >= 4 is 27.8 Å². The van der Waals surface area contributed by atoms with Crippen LogP contribution in [0.4, 0.5) is 0 Å². The lowest BCUT2D eigenvalue weighted by atomic mass is 10.2. The predicted octanol–water partition coefficient (Wildman–Crippen LogP) is 3.91. The number of aromatic nitrogens is 3. The first-order chi connectivity index (χ1) is 15.2. The van der Waals surface area contributed by atoms with Crippen LogP contribution in [0.2, 0.25) is 0 Å². The summed E-state index contributed by atoms with van der Waals surface area (Å²) in [5.74, 6) is 1.56. The van der Waals surface area contributed by atoms with E-state index < -0.39 is 0 Å². The highest BCUT2D eigenvalue weighted by Gasteiger charge is 2.32. The van der Waals surface area contributed by atoms with E-state index in [-0.39, 0.29) is 18.6 Å². The molecule has 1 fully saturated rings. The van der Waals surface area contributed by atoms with Gasteiger partial charge < -0.3 is 23.9 Å². The van der Waals surface area contributed by atoms with Crippen LogP contribution in [-0.2, 0) is 16.1 Å². The number of benzene rings is 2. The van der Waals surface area contributed by atoms with Crippen molar-refractivity contribution < 1.29 is 14.3 Å². The number of rotatable bonds is 7. The van der Waals surface area contributed by atoms with Crippen LogP contribution < -0.4 is 4.74 Å². The lowest BCUT2D eigenvalue weighted by molar-refractivity contribution is -0.134. The molecule has 7 nitrogen and oxygen atoms in total. The third-order valence-electron chi connectivity index (χ3n) is 5.96. The molecule has 0 unspecified atom stereocenters. The quantitative estimate of drug-likeness (QED) is 0.494. The fraction of sp³-hybridized carbons (Fsp3) is 0.333. The van der Waals surface area contributed by atoms with Crippen molar-refractivity contribution in [1.82, 2.24) is 19.4 Å². The number of aromatic amines is 1. The van der Waals surface area contributed by atoms with Gasteiger partial charge in [0, 0.05) is 31.8 Å². The summed E-state index contributed by atoms with van der Waals surface area (Å²) in [6, 6.07) is 15.9. The summed E-state index contributed by atoms with van der Waals surface area (Å²) in [4.78, 5) is 23.0. The molecule has 2 aromatic heterocycles. The first kappa shape index (κ1) is 19.6. The standard InChI is InChI=1S/C24H26N4O3/c1-30-15-14-27-13-11-17-20(27)8-4-10-22(17)31-16-23(29)28-12-5-9-21(28)24-25-18-6-2-3-7-19(18)26-24/h2-4,6-8,10-11,13,21H,5,9,12,14-16H2,1H3,(H,25,26)/t21-/m0/s1. The maximum atomic E-state index is 13.0. The normalized spacial score (nSPS) is 16.4. The first-order valence-corrected chi connectivity index (χ1v) is 10.7. The monoisotopic (exact) mass is 418 g/mol. The molecular formula is C24H26N4O3. The zero-order valence-corrected chi connectivity index (χ0v) is 17.6. The van der Waals surface area contributed by atoms with Crippen molar-refractivity contribution in [2.75, 3.05) is 26.9 Å². The van der Waals surface area contributed by atoms with Gasteiger partial charge in [-0.05, 0) is 43.2 Å². The molecule has 5 rings (SSSR count). The number of likely N-dealkylation sites (tertiary alicyclic amines) is 1. The molecule has 0 radical (unpaired) electrons. The van der Waals surface area contributed by atoms with Gasteiger partial charge in [-0.3, -0.25) is 4.79 Å². The Labute approximate surface area is 180 Å². The molecule has 4 aromatic rings. The van der Waals surface area contributed by atoms with E-state index in [0.29, 0.717) is 6.61 Å². The Hall–Kier alpha value is -3.32. The Morgan fingerprint density at radius 3 is 2.97 bits per heavy atom. The summed E-state index contributed by atoms with van der Waals surface area (Å²) in [5, 5.41) is 1.00. The summed E-state index contributed by atoms with van der Waals surface area (Å²) >= 11 is 0. The zero-order valence-electron chi connectivity index (χ0n) is 17.6. The average Bonchev–Trinajstić information content (AvgIpc) is 3.53. The molecule has 1 atom stereocenters. The number of H-pyrrole nitrogens is 1. The van der Waals surface area contributed by atoms with Gasteiger partial charge >= 0.3 is 0 Å². The minimum Gasteiger partial charge on any atom is -0.483 e. The molecule has 3 heterocycles. The summed E-state index contributed by atoms with van der Waals surface area (Å²) < 4.78 is 13.3. The molecule has 160 valence electrons. The SMILES string of the molecule is COCCn1ccc2c(OCC(=O)N3CCC[C@H]3c3nc4ccccc4[nH]3)cccc21. The Balaban J connectivity index is 1.30. The fourth-order valence-corrected chi connectivity index (χ4v) is 4.41.